The van der Waals surface area contributed by atoms with Gasteiger partial charge in [0.05, 0.1) is 12.2 Å². The molecule has 0 spiro atoms. The predicted octanol–water partition coefficient (Wildman–Crippen LogP) is 2.53. The van der Waals surface area contributed by atoms with Crippen LogP contribution in [0.4, 0.5) is 11.4 Å². The van der Waals surface area contributed by atoms with Gasteiger partial charge in [-0.05, 0) is 37.1 Å². The van der Waals surface area contributed by atoms with Gasteiger partial charge < -0.3 is 10.6 Å². The number of nitrogens with zero attached hydrogens (tertiary/aromatic N) is 2. The summed E-state index contributed by atoms with van der Waals surface area (Å²) < 4.78 is 0. The van der Waals surface area contributed by atoms with Gasteiger partial charge in [-0.25, -0.2) is 0 Å². The molecule has 3 nitrogen and oxygen atoms in total. The first-order valence-electron chi connectivity index (χ1n) is 6.28. The average Bonchev–Trinajstić information content (AvgIpc) is 2.77. The van der Waals surface area contributed by atoms with Crippen LogP contribution in [0.15, 0.2) is 36.5 Å². The van der Waals surface area contributed by atoms with Gasteiger partial charge in [-0.3, -0.25) is 4.98 Å². The third-order valence-corrected chi connectivity index (χ3v) is 3.62. The summed E-state index contributed by atoms with van der Waals surface area (Å²) in [6, 6.07) is 10.2. The van der Waals surface area contributed by atoms with E-state index in [2.05, 4.69) is 28.9 Å². The fourth-order valence-corrected chi connectivity index (χ4v) is 2.56. The van der Waals surface area contributed by atoms with Gasteiger partial charge in [0.2, 0.25) is 0 Å². The zero-order valence-electron chi connectivity index (χ0n) is 10.6. The summed E-state index contributed by atoms with van der Waals surface area (Å²) in [5.41, 5.74) is 11.9. The zero-order valence-corrected chi connectivity index (χ0v) is 10.6. The Kier molecular flexibility index (Phi) is 2.67. The van der Waals surface area contributed by atoms with Crippen LogP contribution in [0, 0.1) is 6.92 Å². The van der Waals surface area contributed by atoms with Crippen molar-refractivity contribution in [3.8, 4) is 0 Å². The standard InChI is InChI=1S/C15H17N3/c1-11-4-3-8-17-14(11)10-18-9-7-12-13(16)5-2-6-15(12)18/h2-6,8H,7,9-10,16H2,1H3. The van der Waals surface area contributed by atoms with Crippen LogP contribution < -0.4 is 10.6 Å². The molecule has 92 valence electrons. The molecule has 0 bridgehead atoms. The normalized spacial score (nSPS) is 13.7. The Bertz CT molecular complexity index is 578. The molecule has 2 heterocycles. The molecule has 0 radical (unpaired) electrons. The highest BCUT2D eigenvalue weighted by Gasteiger charge is 2.21. The smallest absolute Gasteiger partial charge is 0.0626 e. The Hall–Kier alpha value is -2.03. The van der Waals surface area contributed by atoms with Gasteiger partial charge in [0.1, 0.15) is 0 Å². The SMILES string of the molecule is Cc1cccnc1CN1CCc2c(N)cccc21. The molecule has 18 heavy (non-hydrogen) atoms. The van der Waals surface area contributed by atoms with E-state index in [1.807, 2.05) is 24.4 Å². The third kappa shape index (κ3) is 1.82. The summed E-state index contributed by atoms with van der Waals surface area (Å²) in [5, 5.41) is 0. The van der Waals surface area contributed by atoms with Gasteiger partial charge in [0, 0.05) is 29.7 Å². The van der Waals surface area contributed by atoms with Crippen LogP contribution >= 0.6 is 0 Å². The van der Waals surface area contributed by atoms with Gasteiger partial charge in [-0.15, -0.1) is 0 Å². The van der Waals surface area contributed by atoms with Crippen LogP contribution in [0.3, 0.4) is 0 Å². The predicted molar refractivity (Wildman–Crippen MR) is 74.6 cm³/mol. The number of aromatic nitrogens is 1. The lowest BCUT2D eigenvalue weighted by atomic mass is 10.1. The largest absolute Gasteiger partial charge is 0.398 e. The van der Waals surface area contributed by atoms with Gasteiger partial charge in [-0.2, -0.15) is 0 Å². The first-order chi connectivity index (χ1) is 8.75. The van der Waals surface area contributed by atoms with E-state index < -0.39 is 0 Å². The minimum atomic E-state index is 0.864. The average molecular weight is 239 g/mol. The molecule has 0 fully saturated rings. The van der Waals surface area contributed by atoms with Crippen LogP contribution in [-0.4, -0.2) is 11.5 Å². The molecular weight excluding hydrogens is 222 g/mol. The maximum Gasteiger partial charge on any atom is 0.0626 e. The number of fused-ring (bicyclic) bond motifs is 1. The van der Waals surface area contributed by atoms with Crippen molar-refractivity contribution in [1.82, 2.24) is 4.98 Å². The third-order valence-electron chi connectivity index (χ3n) is 3.62. The van der Waals surface area contributed by atoms with Gasteiger partial charge in [0.15, 0.2) is 0 Å². The second-order valence-electron chi connectivity index (χ2n) is 4.78. The Morgan fingerprint density at radius 3 is 3.00 bits per heavy atom. The molecule has 0 amide bonds. The van der Waals surface area contributed by atoms with Gasteiger partial charge in [-0.1, -0.05) is 12.1 Å². The van der Waals surface area contributed by atoms with Crippen molar-refractivity contribution in [2.75, 3.05) is 17.2 Å². The maximum atomic E-state index is 6.02. The molecule has 1 aliphatic heterocycles. The molecular formula is C15H17N3. The van der Waals surface area contributed by atoms with Gasteiger partial charge >= 0.3 is 0 Å². The summed E-state index contributed by atoms with van der Waals surface area (Å²) in [5.74, 6) is 0. The van der Waals surface area contributed by atoms with Crippen molar-refractivity contribution in [3.05, 3.63) is 53.3 Å². The highest BCUT2D eigenvalue weighted by Crippen LogP contribution is 2.33. The van der Waals surface area contributed by atoms with E-state index in [1.54, 1.807) is 0 Å². The molecule has 3 rings (SSSR count). The number of aryl methyl sites for hydroxylation is 1. The van der Waals surface area contributed by atoms with E-state index in [9.17, 15) is 0 Å². The topological polar surface area (TPSA) is 42.2 Å². The van der Waals surface area contributed by atoms with E-state index >= 15 is 0 Å². The van der Waals surface area contributed by atoms with Crippen molar-refractivity contribution in [2.45, 2.75) is 19.9 Å². The fourth-order valence-electron chi connectivity index (χ4n) is 2.56. The quantitative estimate of drug-likeness (QED) is 0.819. The maximum absolute atomic E-state index is 6.02. The first kappa shape index (κ1) is 11.1. The monoisotopic (exact) mass is 239 g/mol. The van der Waals surface area contributed by atoms with E-state index in [0.717, 1.165) is 30.9 Å². The molecule has 0 saturated carbocycles. The van der Waals surface area contributed by atoms with Crippen LogP contribution in [0.25, 0.3) is 0 Å². The number of benzene rings is 1. The molecule has 1 aliphatic rings. The minimum absolute atomic E-state index is 0.864. The molecule has 0 unspecified atom stereocenters. The molecule has 1 aromatic heterocycles. The van der Waals surface area contributed by atoms with E-state index in [4.69, 9.17) is 5.73 Å². The second-order valence-corrected chi connectivity index (χ2v) is 4.78. The van der Waals surface area contributed by atoms with Crippen molar-refractivity contribution < 1.29 is 0 Å². The molecule has 0 aliphatic carbocycles. The molecule has 2 N–H and O–H groups in total. The van der Waals surface area contributed by atoms with Crippen molar-refractivity contribution >= 4 is 11.4 Å². The molecule has 0 atom stereocenters. The number of nitrogen functional groups attached to an aromatic ring is 1. The number of pyridine rings is 1. The van der Waals surface area contributed by atoms with Crippen molar-refractivity contribution in [3.63, 3.8) is 0 Å². The highest BCUT2D eigenvalue weighted by atomic mass is 15.2. The van der Waals surface area contributed by atoms with Crippen LogP contribution in [0.2, 0.25) is 0 Å². The zero-order chi connectivity index (χ0) is 12.5. The lowest BCUT2D eigenvalue weighted by molar-refractivity contribution is 0.808. The minimum Gasteiger partial charge on any atom is -0.398 e. The molecule has 2 aromatic rings. The van der Waals surface area contributed by atoms with Crippen LogP contribution in [0.1, 0.15) is 16.8 Å². The van der Waals surface area contributed by atoms with Crippen LogP contribution in [-0.2, 0) is 13.0 Å². The molecule has 0 saturated heterocycles. The lowest BCUT2D eigenvalue weighted by Gasteiger charge is -2.20. The Labute approximate surface area is 107 Å². The molecule has 1 aromatic carbocycles. The number of rotatable bonds is 2. The Morgan fingerprint density at radius 2 is 2.17 bits per heavy atom. The number of hydrogen-bond acceptors (Lipinski definition) is 3. The lowest BCUT2D eigenvalue weighted by Crippen LogP contribution is -2.20. The summed E-state index contributed by atoms with van der Waals surface area (Å²) >= 11 is 0. The van der Waals surface area contributed by atoms with Crippen molar-refractivity contribution in [1.29, 1.82) is 0 Å². The summed E-state index contributed by atoms with van der Waals surface area (Å²) in [6.07, 6.45) is 2.90. The molecule has 3 heteroatoms. The van der Waals surface area contributed by atoms with Gasteiger partial charge in [0.25, 0.3) is 0 Å². The summed E-state index contributed by atoms with van der Waals surface area (Å²) in [6.45, 7) is 4.00. The number of hydrogen-bond donors (Lipinski definition) is 1. The van der Waals surface area contributed by atoms with Crippen LogP contribution in [0.5, 0.6) is 0 Å². The van der Waals surface area contributed by atoms with E-state index in [1.165, 1.54) is 16.8 Å². The van der Waals surface area contributed by atoms with E-state index in [0.29, 0.717) is 0 Å². The second kappa shape index (κ2) is 4.33. The summed E-state index contributed by atoms with van der Waals surface area (Å²) in [4.78, 5) is 6.83. The number of nitrogens with two attached hydrogens (primary N) is 1. The van der Waals surface area contributed by atoms with Crippen molar-refractivity contribution in [2.24, 2.45) is 0 Å². The fraction of sp³-hybridized carbons (Fsp3) is 0.267. The van der Waals surface area contributed by atoms with E-state index in [-0.39, 0.29) is 0 Å². The Morgan fingerprint density at radius 1 is 1.28 bits per heavy atom. The first-order valence-corrected chi connectivity index (χ1v) is 6.28. The Balaban J connectivity index is 1.90. The summed E-state index contributed by atoms with van der Waals surface area (Å²) in [7, 11) is 0. The number of anilines is 2. The highest BCUT2D eigenvalue weighted by molar-refractivity contribution is 5.68.